The lowest BCUT2D eigenvalue weighted by molar-refractivity contribution is 0.301. The van der Waals surface area contributed by atoms with Gasteiger partial charge in [-0.3, -0.25) is 0 Å². The van der Waals surface area contributed by atoms with Crippen molar-refractivity contribution in [3.63, 3.8) is 0 Å². The molecule has 1 fully saturated rings. The van der Waals surface area contributed by atoms with Crippen molar-refractivity contribution in [3.8, 4) is 0 Å². The van der Waals surface area contributed by atoms with E-state index in [2.05, 4.69) is 6.92 Å². The summed E-state index contributed by atoms with van der Waals surface area (Å²) < 4.78 is 26.3. The molecule has 1 aromatic rings. The Hall–Kier alpha value is -0.920. The molecule has 2 rings (SSSR count). The maximum absolute atomic E-state index is 13.3. The van der Waals surface area contributed by atoms with E-state index in [9.17, 15) is 8.78 Å². The molecule has 0 spiro atoms. The fourth-order valence-corrected chi connectivity index (χ4v) is 3.59. The predicted octanol–water partition coefficient (Wildman–Crippen LogP) is 6.60. The van der Waals surface area contributed by atoms with Gasteiger partial charge in [0.2, 0.25) is 0 Å². The molecule has 0 atom stereocenters. The van der Waals surface area contributed by atoms with Gasteiger partial charge in [-0.25, -0.2) is 8.78 Å². The number of hydrogen-bond acceptors (Lipinski definition) is 0. The van der Waals surface area contributed by atoms with Gasteiger partial charge in [0, 0.05) is 0 Å². The second-order valence-electron chi connectivity index (χ2n) is 6.59. The summed E-state index contributed by atoms with van der Waals surface area (Å²) in [5, 5.41) is 0. The Labute approximate surface area is 128 Å². The SMILES string of the molecule is CCCCCCC[C@H]1CC[C@H](c2ccc(F)c(F)c2)CC1. The molecule has 1 aromatic carbocycles. The Balaban J connectivity index is 1.71. The van der Waals surface area contributed by atoms with Gasteiger partial charge < -0.3 is 0 Å². The maximum Gasteiger partial charge on any atom is 0.159 e. The third-order valence-corrected chi connectivity index (χ3v) is 4.98. The molecule has 0 bridgehead atoms. The van der Waals surface area contributed by atoms with Gasteiger partial charge in [-0.05, 0) is 55.2 Å². The minimum Gasteiger partial charge on any atom is -0.204 e. The first-order valence-electron chi connectivity index (χ1n) is 8.65. The minimum atomic E-state index is -0.737. The third-order valence-electron chi connectivity index (χ3n) is 4.98. The van der Waals surface area contributed by atoms with Crippen LogP contribution in [0.25, 0.3) is 0 Å². The molecule has 0 amide bonds. The van der Waals surface area contributed by atoms with E-state index in [-0.39, 0.29) is 0 Å². The van der Waals surface area contributed by atoms with Gasteiger partial charge in [-0.15, -0.1) is 0 Å². The number of rotatable bonds is 7. The first-order chi connectivity index (χ1) is 10.2. The Kier molecular flexibility index (Phi) is 6.66. The zero-order chi connectivity index (χ0) is 15.1. The lowest BCUT2D eigenvalue weighted by Crippen LogP contribution is -2.13. The highest BCUT2D eigenvalue weighted by Crippen LogP contribution is 2.38. The van der Waals surface area contributed by atoms with E-state index in [1.54, 1.807) is 6.07 Å². The molecule has 1 saturated carbocycles. The molecule has 0 aromatic heterocycles. The third kappa shape index (κ3) is 5.09. The van der Waals surface area contributed by atoms with Crippen LogP contribution in [0, 0.1) is 17.6 Å². The van der Waals surface area contributed by atoms with Crippen LogP contribution in [-0.2, 0) is 0 Å². The second kappa shape index (κ2) is 8.51. The van der Waals surface area contributed by atoms with Gasteiger partial charge in [-0.1, -0.05) is 51.5 Å². The van der Waals surface area contributed by atoms with E-state index in [0.717, 1.165) is 24.3 Å². The van der Waals surface area contributed by atoms with Gasteiger partial charge in [-0.2, -0.15) is 0 Å². The fraction of sp³-hybridized carbons (Fsp3) is 0.684. The predicted molar refractivity (Wildman–Crippen MR) is 84.4 cm³/mol. The van der Waals surface area contributed by atoms with E-state index < -0.39 is 11.6 Å². The molecule has 0 heterocycles. The Morgan fingerprint density at radius 1 is 0.905 bits per heavy atom. The monoisotopic (exact) mass is 294 g/mol. The van der Waals surface area contributed by atoms with Crippen molar-refractivity contribution in [1.29, 1.82) is 0 Å². The minimum absolute atomic E-state index is 0.427. The van der Waals surface area contributed by atoms with Crippen molar-refractivity contribution in [3.05, 3.63) is 35.4 Å². The normalized spacial score (nSPS) is 22.4. The first kappa shape index (κ1) is 16.5. The fourth-order valence-electron chi connectivity index (χ4n) is 3.59. The Morgan fingerprint density at radius 3 is 2.29 bits per heavy atom. The quantitative estimate of drug-likeness (QED) is 0.497. The van der Waals surface area contributed by atoms with E-state index >= 15 is 0 Å². The summed E-state index contributed by atoms with van der Waals surface area (Å²) in [6, 6.07) is 4.42. The smallest absolute Gasteiger partial charge is 0.159 e. The van der Waals surface area contributed by atoms with Gasteiger partial charge in [0.1, 0.15) is 0 Å². The van der Waals surface area contributed by atoms with Crippen LogP contribution >= 0.6 is 0 Å². The highest BCUT2D eigenvalue weighted by molar-refractivity contribution is 5.22. The lowest BCUT2D eigenvalue weighted by Gasteiger charge is -2.29. The zero-order valence-electron chi connectivity index (χ0n) is 13.2. The summed E-state index contributed by atoms with van der Waals surface area (Å²) in [4.78, 5) is 0. The highest BCUT2D eigenvalue weighted by atomic mass is 19.2. The van der Waals surface area contributed by atoms with Gasteiger partial charge in [0.25, 0.3) is 0 Å². The zero-order valence-corrected chi connectivity index (χ0v) is 13.2. The van der Waals surface area contributed by atoms with Crippen LogP contribution < -0.4 is 0 Å². The van der Waals surface area contributed by atoms with E-state index in [4.69, 9.17) is 0 Å². The van der Waals surface area contributed by atoms with Crippen molar-refractivity contribution in [2.45, 2.75) is 77.0 Å². The molecule has 0 saturated heterocycles. The second-order valence-corrected chi connectivity index (χ2v) is 6.59. The summed E-state index contributed by atoms with van der Waals surface area (Å²) in [5.74, 6) is -0.158. The van der Waals surface area contributed by atoms with Crippen molar-refractivity contribution in [1.82, 2.24) is 0 Å². The maximum atomic E-state index is 13.3. The summed E-state index contributed by atoms with van der Waals surface area (Å²) in [5.41, 5.74) is 0.982. The highest BCUT2D eigenvalue weighted by Gasteiger charge is 2.22. The molecule has 118 valence electrons. The van der Waals surface area contributed by atoms with E-state index in [0.29, 0.717) is 5.92 Å². The number of halogens is 2. The van der Waals surface area contributed by atoms with Gasteiger partial charge in [0.05, 0.1) is 0 Å². The molecule has 0 nitrogen and oxygen atoms in total. The Morgan fingerprint density at radius 2 is 1.62 bits per heavy atom. The van der Waals surface area contributed by atoms with Crippen molar-refractivity contribution < 1.29 is 8.78 Å². The van der Waals surface area contributed by atoms with E-state index in [1.165, 1.54) is 63.5 Å². The van der Waals surface area contributed by atoms with Crippen molar-refractivity contribution in [2.75, 3.05) is 0 Å². The van der Waals surface area contributed by atoms with Crippen LogP contribution in [-0.4, -0.2) is 0 Å². The van der Waals surface area contributed by atoms with Crippen molar-refractivity contribution >= 4 is 0 Å². The van der Waals surface area contributed by atoms with Crippen LogP contribution in [0.4, 0.5) is 8.78 Å². The van der Waals surface area contributed by atoms with Gasteiger partial charge in [0.15, 0.2) is 11.6 Å². The molecular formula is C19H28F2. The summed E-state index contributed by atoms with van der Waals surface area (Å²) in [7, 11) is 0. The molecule has 1 aliphatic rings. The van der Waals surface area contributed by atoms with Crippen LogP contribution in [0.15, 0.2) is 18.2 Å². The van der Waals surface area contributed by atoms with Crippen LogP contribution in [0.5, 0.6) is 0 Å². The molecule has 0 N–H and O–H groups in total. The average Bonchev–Trinajstić information content (AvgIpc) is 2.50. The number of unbranched alkanes of at least 4 members (excludes halogenated alkanes) is 4. The van der Waals surface area contributed by atoms with Crippen LogP contribution in [0.3, 0.4) is 0 Å². The Bertz CT molecular complexity index is 420. The van der Waals surface area contributed by atoms with E-state index in [1.807, 2.05) is 0 Å². The standard InChI is InChI=1S/C19H28F2/c1-2-3-4-5-6-7-15-8-10-16(11-9-15)17-12-13-18(20)19(21)14-17/h12-16H,2-11H2,1H3/t15-,16-. The van der Waals surface area contributed by atoms with Crippen molar-refractivity contribution in [2.24, 2.45) is 5.92 Å². The molecule has 21 heavy (non-hydrogen) atoms. The molecule has 0 radical (unpaired) electrons. The summed E-state index contributed by atoms with van der Waals surface area (Å²) in [6.45, 7) is 2.25. The first-order valence-corrected chi connectivity index (χ1v) is 8.65. The van der Waals surface area contributed by atoms with Crippen LogP contribution in [0.2, 0.25) is 0 Å². The topological polar surface area (TPSA) is 0 Å². The average molecular weight is 294 g/mol. The summed E-state index contributed by atoms with van der Waals surface area (Å²) in [6.07, 6.45) is 12.9. The summed E-state index contributed by atoms with van der Waals surface area (Å²) >= 11 is 0. The molecule has 1 aliphatic carbocycles. The van der Waals surface area contributed by atoms with Crippen LogP contribution in [0.1, 0.15) is 82.6 Å². The molecular weight excluding hydrogens is 266 g/mol. The van der Waals surface area contributed by atoms with Gasteiger partial charge >= 0.3 is 0 Å². The lowest BCUT2D eigenvalue weighted by atomic mass is 9.77. The molecule has 2 heteroatoms. The number of hydrogen-bond donors (Lipinski definition) is 0. The molecule has 0 unspecified atom stereocenters. The number of benzene rings is 1. The molecule has 0 aliphatic heterocycles. The largest absolute Gasteiger partial charge is 0.204 e.